The van der Waals surface area contributed by atoms with Crippen molar-refractivity contribution in [2.75, 3.05) is 6.54 Å². The van der Waals surface area contributed by atoms with Gasteiger partial charge in [-0.15, -0.1) is 0 Å². The Balaban J connectivity index is 1.80. The molecule has 0 aromatic heterocycles. The van der Waals surface area contributed by atoms with E-state index in [1.807, 2.05) is 19.1 Å². The summed E-state index contributed by atoms with van der Waals surface area (Å²) in [6.45, 7) is 2.23. The number of carbonyl (C=O) groups excluding carboxylic acids is 1. The molecule has 0 spiro atoms. The predicted octanol–water partition coefficient (Wildman–Crippen LogP) is 3.24. The van der Waals surface area contributed by atoms with E-state index in [1.54, 1.807) is 24.3 Å². The van der Waals surface area contributed by atoms with Gasteiger partial charge in [-0.1, -0.05) is 24.3 Å². The lowest BCUT2D eigenvalue weighted by Crippen LogP contribution is -2.38. The van der Waals surface area contributed by atoms with E-state index in [9.17, 15) is 14.0 Å². The summed E-state index contributed by atoms with van der Waals surface area (Å²) in [5, 5.41) is 13.8. The van der Waals surface area contributed by atoms with Crippen molar-refractivity contribution in [2.24, 2.45) is 0 Å². The minimum absolute atomic E-state index is 0.0735. The molecule has 1 unspecified atom stereocenters. The number of carboxylic acids is 1. The first-order valence-electron chi connectivity index (χ1n) is 8.17. The Kier molecular flexibility index (Phi) is 6.96. The molecular formula is C19H21FN2O4. The fourth-order valence-electron chi connectivity index (χ4n) is 2.21. The van der Waals surface area contributed by atoms with Crippen LogP contribution in [0.5, 0.6) is 5.75 Å². The Bertz CT molecular complexity index is 732. The first-order valence-corrected chi connectivity index (χ1v) is 8.17. The molecule has 2 amide bonds. The highest BCUT2D eigenvalue weighted by molar-refractivity contribution is 5.75. The number of carboxylic acid groups (broad SMARTS) is 1. The molecule has 2 aromatic rings. The van der Waals surface area contributed by atoms with Crippen molar-refractivity contribution < 1.29 is 23.8 Å². The van der Waals surface area contributed by atoms with Crippen LogP contribution < -0.4 is 15.4 Å². The third-order valence-electron chi connectivity index (χ3n) is 3.67. The maximum Gasteiger partial charge on any atom is 0.315 e. The summed E-state index contributed by atoms with van der Waals surface area (Å²) < 4.78 is 18.5. The van der Waals surface area contributed by atoms with Crippen LogP contribution in [0.3, 0.4) is 0 Å². The zero-order chi connectivity index (χ0) is 18.9. The number of hydrogen-bond donors (Lipinski definition) is 3. The second-order valence-corrected chi connectivity index (χ2v) is 5.75. The fraction of sp³-hybridized carbons (Fsp3) is 0.263. The molecule has 0 aliphatic heterocycles. The van der Waals surface area contributed by atoms with Crippen molar-refractivity contribution in [3.05, 3.63) is 65.5 Å². The van der Waals surface area contributed by atoms with Crippen molar-refractivity contribution >= 4 is 12.0 Å². The number of benzene rings is 2. The molecule has 3 N–H and O–H groups in total. The molecule has 7 heteroatoms. The summed E-state index contributed by atoms with van der Waals surface area (Å²) in [5.41, 5.74) is 1.75. The first-order chi connectivity index (χ1) is 12.4. The van der Waals surface area contributed by atoms with Crippen LogP contribution in [-0.4, -0.2) is 23.7 Å². The maximum atomic E-state index is 12.9. The Morgan fingerprint density at radius 2 is 1.77 bits per heavy atom. The Labute approximate surface area is 151 Å². The second-order valence-electron chi connectivity index (χ2n) is 5.75. The van der Waals surface area contributed by atoms with E-state index < -0.39 is 12.0 Å². The molecule has 0 saturated carbocycles. The predicted molar refractivity (Wildman–Crippen MR) is 94.4 cm³/mol. The monoisotopic (exact) mass is 360 g/mol. The van der Waals surface area contributed by atoms with Crippen molar-refractivity contribution in [2.45, 2.75) is 26.0 Å². The molecule has 0 heterocycles. The normalized spacial score (nSPS) is 11.5. The molecule has 0 saturated heterocycles. The van der Waals surface area contributed by atoms with Gasteiger partial charge in [0.15, 0.2) is 0 Å². The Morgan fingerprint density at radius 1 is 1.12 bits per heavy atom. The van der Waals surface area contributed by atoms with Gasteiger partial charge in [-0.3, -0.25) is 4.79 Å². The Morgan fingerprint density at radius 3 is 2.38 bits per heavy atom. The maximum absolute atomic E-state index is 12.9. The van der Waals surface area contributed by atoms with Gasteiger partial charge in [-0.2, -0.15) is 0 Å². The van der Waals surface area contributed by atoms with Crippen LogP contribution in [0.2, 0.25) is 0 Å². The minimum atomic E-state index is -0.963. The van der Waals surface area contributed by atoms with E-state index in [1.165, 1.54) is 12.1 Å². The van der Waals surface area contributed by atoms with Gasteiger partial charge >= 0.3 is 12.0 Å². The summed E-state index contributed by atoms with van der Waals surface area (Å²) in [5.74, 6) is -0.586. The average Bonchev–Trinajstić information content (AvgIpc) is 2.61. The quantitative estimate of drug-likeness (QED) is 0.674. The number of rotatable bonds is 8. The number of hydrogen-bond acceptors (Lipinski definition) is 3. The topological polar surface area (TPSA) is 87.7 Å². The fourth-order valence-corrected chi connectivity index (χ4v) is 2.21. The highest BCUT2D eigenvalue weighted by atomic mass is 19.1. The van der Waals surface area contributed by atoms with E-state index >= 15 is 0 Å². The number of nitrogens with one attached hydrogen (secondary N) is 2. The molecular weight excluding hydrogens is 339 g/mol. The molecule has 2 rings (SSSR count). The number of ether oxygens (including phenoxy) is 1. The number of carbonyl (C=O) groups is 2. The number of amides is 2. The smallest absolute Gasteiger partial charge is 0.315 e. The third kappa shape index (κ3) is 6.43. The molecule has 26 heavy (non-hydrogen) atoms. The van der Waals surface area contributed by atoms with Gasteiger partial charge in [0, 0.05) is 6.54 Å². The average molecular weight is 360 g/mol. The van der Waals surface area contributed by atoms with Crippen molar-refractivity contribution in [1.29, 1.82) is 0 Å². The lowest BCUT2D eigenvalue weighted by Gasteiger charge is -2.15. The van der Waals surface area contributed by atoms with Crippen LogP contribution in [0.15, 0.2) is 48.5 Å². The lowest BCUT2D eigenvalue weighted by molar-refractivity contribution is -0.136. The molecule has 0 radical (unpaired) electrons. The van der Waals surface area contributed by atoms with Gasteiger partial charge in [0.05, 0.1) is 12.5 Å². The highest BCUT2D eigenvalue weighted by Crippen LogP contribution is 2.18. The molecule has 0 aliphatic rings. The van der Waals surface area contributed by atoms with Crippen LogP contribution in [0.4, 0.5) is 9.18 Å². The molecule has 0 fully saturated rings. The van der Waals surface area contributed by atoms with Crippen molar-refractivity contribution in [1.82, 2.24) is 10.6 Å². The van der Waals surface area contributed by atoms with Gasteiger partial charge in [-0.25, -0.2) is 9.18 Å². The summed E-state index contributed by atoms with van der Waals surface area (Å²) in [6, 6.07) is 12.7. The molecule has 1 atom stereocenters. The van der Waals surface area contributed by atoms with E-state index in [-0.39, 0.29) is 24.8 Å². The second kappa shape index (κ2) is 9.41. The lowest BCUT2D eigenvalue weighted by atomic mass is 10.1. The van der Waals surface area contributed by atoms with Gasteiger partial charge in [0.1, 0.15) is 18.2 Å². The third-order valence-corrected chi connectivity index (χ3v) is 3.67. The van der Waals surface area contributed by atoms with E-state index in [4.69, 9.17) is 9.84 Å². The summed E-state index contributed by atoms with van der Waals surface area (Å²) >= 11 is 0. The van der Waals surface area contributed by atoms with Crippen LogP contribution in [0.25, 0.3) is 0 Å². The highest BCUT2D eigenvalue weighted by Gasteiger charge is 2.09. The summed E-state index contributed by atoms with van der Waals surface area (Å²) in [7, 11) is 0. The largest absolute Gasteiger partial charge is 0.489 e. The summed E-state index contributed by atoms with van der Waals surface area (Å²) in [4.78, 5) is 22.1. The van der Waals surface area contributed by atoms with Gasteiger partial charge in [0.2, 0.25) is 0 Å². The number of halogens is 1. The van der Waals surface area contributed by atoms with E-state index in [2.05, 4.69) is 10.6 Å². The Hall–Kier alpha value is -3.09. The van der Waals surface area contributed by atoms with Crippen molar-refractivity contribution in [3.8, 4) is 5.75 Å². The number of urea groups is 1. The van der Waals surface area contributed by atoms with Crippen LogP contribution >= 0.6 is 0 Å². The SMILES string of the molecule is CC(NC(=O)NCCC(=O)O)c1ccc(OCc2ccc(F)cc2)cc1. The van der Waals surface area contributed by atoms with Gasteiger partial charge < -0.3 is 20.5 Å². The number of aliphatic carboxylic acids is 1. The zero-order valence-corrected chi connectivity index (χ0v) is 14.4. The molecule has 2 aromatic carbocycles. The molecule has 6 nitrogen and oxygen atoms in total. The van der Waals surface area contributed by atoms with Crippen LogP contribution in [0.1, 0.15) is 30.5 Å². The van der Waals surface area contributed by atoms with Gasteiger partial charge in [0.25, 0.3) is 0 Å². The first kappa shape index (κ1) is 19.2. The van der Waals surface area contributed by atoms with Crippen molar-refractivity contribution in [3.63, 3.8) is 0 Å². The molecule has 0 aliphatic carbocycles. The molecule has 138 valence electrons. The molecule has 0 bridgehead atoms. The van der Waals surface area contributed by atoms with E-state index in [0.717, 1.165) is 11.1 Å². The minimum Gasteiger partial charge on any atom is -0.489 e. The standard InChI is InChI=1S/C19H21FN2O4/c1-13(22-19(25)21-11-10-18(23)24)15-4-8-17(9-5-15)26-12-14-2-6-16(20)7-3-14/h2-9,13H,10-12H2,1H3,(H,23,24)(H2,21,22,25). The van der Waals surface area contributed by atoms with Crippen LogP contribution in [0, 0.1) is 5.82 Å². The van der Waals surface area contributed by atoms with Gasteiger partial charge in [-0.05, 0) is 42.3 Å². The van der Waals surface area contributed by atoms with E-state index in [0.29, 0.717) is 12.4 Å². The van der Waals surface area contributed by atoms with Crippen LogP contribution in [-0.2, 0) is 11.4 Å². The zero-order valence-electron chi connectivity index (χ0n) is 14.4. The summed E-state index contributed by atoms with van der Waals surface area (Å²) in [6.07, 6.45) is -0.123.